The predicted octanol–water partition coefficient (Wildman–Crippen LogP) is 3.84. The second kappa shape index (κ2) is 8.01. The van der Waals surface area contributed by atoms with Crippen molar-refractivity contribution in [2.75, 3.05) is 0 Å². The van der Waals surface area contributed by atoms with Crippen molar-refractivity contribution in [3.63, 3.8) is 0 Å². The lowest BCUT2D eigenvalue weighted by Gasteiger charge is -2.22. The van der Waals surface area contributed by atoms with Gasteiger partial charge in [0.15, 0.2) is 0 Å². The topological polar surface area (TPSA) is 79.5 Å². The molecule has 1 amide bonds. The van der Waals surface area contributed by atoms with Gasteiger partial charge in [0.1, 0.15) is 0 Å². The molecule has 1 atom stereocenters. The van der Waals surface area contributed by atoms with Gasteiger partial charge in [-0.2, -0.15) is 0 Å². The molecule has 5 nitrogen and oxygen atoms in total. The van der Waals surface area contributed by atoms with Gasteiger partial charge in [0.05, 0.1) is 25.0 Å². The van der Waals surface area contributed by atoms with Gasteiger partial charge >= 0.3 is 5.97 Å². The molecule has 1 aromatic carbocycles. The van der Waals surface area contributed by atoms with E-state index in [9.17, 15) is 9.59 Å². The second-order valence-electron chi connectivity index (χ2n) is 7.22. The van der Waals surface area contributed by atoms with Crippen LogP contribution in [-0.4, -0.2) is 17.0 Å². The first-order valence-corrected chi connectivity index (χ1v) is 8.38. The van der Waals surface area contributed by atoms with Crippen molar-refractivity contribution in [2.24, 2.45) is 0 Å². The fraction of sp³-hybridized carbons (Fsp3) is 0.400. The highest BCUT2D eigenvalue weighted by Crippen LogP contribution is 2.25. The van der Waals surface area contributed by atoms with E-state index >= 15 is 0 Å². The molecule has 0 bridgehead atoms. The number of aryl methyl sites for hydroxylation is 1. The Bertz CT molecular complexity index is 696. The zero-order valence-corrected chi connectivity index (χ0v) is 14.9. The molecule has 134 valence electrons. The highest BCUT2D eigenvalue weighted by atomic mass is 16.4. The van der Waals surface area contributed by atoms with Crippen LogP contribution in [0.2, 0.25) is 0 Å². The number of carboxylic acid groups (broad SMARTS) is 1. The van der Waals surface area contributed by atoms with Crippen LogP contribution in [0.4, 0.5) is 0 Å². The molecule has 0 aliphatic rings. The number of aliphatic carboxylic acids is 1. The summed E-state index contributed by atoms with van der Waals surface area (Å²) < 4.78 is 4.98. The Hall–Kier alpha value is -2.56. The maximum absolute atomic E-state index is 12.2. The maximum atomic E-state index is 12.2. The standard InChI is InChI=1S/C20H25NO4/c1-20(2,3)16-7-5-15(6-8-16)17(12-19(23)24)21-18(22)9-4-14-10-11-25-13-14/h5-8,10-11,13,17H,4,9,12H2,1-3H3,(H,21,22)(H,23,24). The number of hydrogen-bond acceptors (Lipinski definition) is 3. The summed E-state index contributed by atoms with van der Waals surface area (Å²) in [4.78, 5) is 23.4. The van der Waals surface area contributed by atoms with Crippen molar-refractivity contribution < 1.29 is 19.1 Å². The van der Waals surface area contributed by atoms with Crippen molar-refractivity contribution in [1.82, 2.24) is 5.32 Å². The van der Waals surface area contributed by atoms with Crippen LogP contribution in [0.15, 0.2) is 47.3 Å². The normalized spacial score (nSPS) is 12.6. The molecule has 0 spiro atoms. The molecule has 25 heavy (non-hydrogen) atoms. The van der Waals surface area contributed by atoms with Crippen LogP contribution < -0.4 is 5.32 Å². The van der Waals surface area contributed by atoms with Gasteiger partial charge in [-0.05, 0) is 34.6 Å². The summed E-state index contributed by atoms with van der Waals surface area (Å²) in [7, 11) is 0. The van der Waals surface area contributed by atoms with Crippen molar-refractivity contribution in [2.45, 2.75) is 51.5 Å². The molecule has 1 unspecified atom stereocenters. The average Bonchev–Trinajstić information content (AvgIpc) is 3.04. The van der Waals surface area contributed by atoms with Crippen molar-refractivity contribution in [3.8, 4) is 0 Å². The summed E-state index contributed by atoms with van der Waals surface area (Å²) in [6.07, 6.45) is 3.87. The fourth-order valence-electron chi connectivity index (χ4n) is 2.60. The van der Waals surface area contributed by atoms with Gasteiger partial charge in [-0.1, -0.05) is 45.0 Å². The first kappa shape index (κ1) is 18.8. The summed E-state index contributed by atoms with van der Waals surface area (Å²) in [5, 5.41) is 12.0. The van der Waals surface area contributed by atoms with Gasteiger partial charge in [-0.3, -0.25) is 9.59 Å². The number of hydrogen-bond donors (Lipinski definition) is 2. The Morgan fingerprint density at radius 3 is 2.36 bits per heavy atom. The lowest BCUT2D eigenvalue weighted by Crippen LogP contribution is -2.30. The molecule has 0 saturated carbocycles. The summed E-state index contributed by atoms with van der Waals surface area (Å²) in [5.41, 5.74) is 2.93. The molecular weight excluding hydrogens is 318 g/mol. The van der Waals surface area contributed by atoms with E-state index in [1.165, 1.54) is 0 Å². The average molecular weight is 343 g/mol. The lowest BCUT2D eigenvalue weighted by molar-refractivity contribution is -0.137. The zero-order chi connectivity index (χ0) is 18.4. The Kier molecular flexibility index (Phi) is 6.02. The van der Waals surface area contributed by atoms with E-state index in [1.807, 2.05) is 30.3 Å². The third-order valence-corrected chi connectivity index (χ3v) is 4.11. The molecule has 0 saturated heterocycles. The number of rotatable bonds is 7. The van der Waals surface area contributed by atoms with Crippen LogP contribution in [0.1, 0.15) is 56.3 Å². The van der Waals surface area contributed by atoms with Crippen molar-refractivity contribution in [3.05, 3.63) is 59.5 Å². The molecule has 1 heterocycles. The van der Waals surface area contributed by atoms with E-state index in [2.05, 4.69) is 26.1 Å². The predicted molar refractivity (Wildman–Crippen MR) is 95.3 cm³/mol. The zero-order valence-electron chi connectivity index (χ0n) is 14.9. The summed E-state index contributed by atoms with van der Waals surface area (Å²) in [6, 6.07) is 9.04. The van der Waals surface area contributed by atoms with Crippen LogP contribution >= 0.6 is 0 Å². The molecule has 0 fully saturated rings. The Morgan fingerprint density at radius 1 is 1.16 bits per heavy atom. The van der Waals surface area contributed by atoms with Gasteiger partial charge in [0, 0.05) is 6.42 Å². The highest BCUT2D eigenvalue weighted by Gasteiger charge is 2.19. The summed E-state index contributed by atoms with van der Waals surface area (Å²) in [6.45, 7) is 6.36. The number of benzene rings is 1. The van der Waals surface area contributed by atoms with Gasteiger partial charge in [-0.15, -0.1) is 0 Å². The monoisotopic (exact) mass is 343 g/mol. The minimum Gasteiger partial charge on any atom is -0.481 e. The number of carbonyl (C=O) groups is 2. The highest BCUT2D eigenvalue weighted by molar-refractivity contribution is 5.78. The first-order valence-electron chi connectivity index (χ1n) is 8.38. The molecule has 1 aromatic heterocycles. The van der Waals surface area contributed by atoms with Crippen LogP contribution in [0, 0.1) is 0 Å². The van der Waals surface area contributed by atoms with Crippen molar-refractivity contribution in [1.29, 1.82) is 0 Å². The fourth-order valence-corrected chi connectivity index (χ4v) is 2.60. The Labute approximate surface area is 148 Å². The Morgan fingerprint density at radius 2 is 1.84 bits per heavy atom. The molecule has 2 N–H and O–H groups in total. The minimum absolute atomic E-state index is 0.0225. The smallest absolute Gasteiger partial charge is 0.305 e. The van der Waals surface area contributed by atoms with Crippen LogP contribution in [0.3, 0.4) is 0 Å². The number of carboxylic acids is 1. The third kappa shape index (κ3) is 5.78. The molecule has 0 aliphatic carbocycles. The minimum atomic E-state index is -0.944. The van der Waals surface area contributed by atoms with E-state index in [0.29, 0.717) is 6.42 Å². The summed E-state index contributed by atoms with van der Waals surface area (Å²) >= 11 is 0. The molecular formula is C20H25NO4. The second-order valence-corrected chi connectivity index (χ2v) is 7.22. The largest absolute Gasteiger partial charge is 0.481 e. The number of carbonyl (C=O) groups excluding carboxylic acids is 1. The van der Waals surface area contributed by atoms with Crippen LogP contribution in [0.5, 0.6) is 0 Å². The molecule has 2 aromatic rings. The first-order chi connectivity index (χ1) is 11.8. The van der Waals surface area contributed by atoms with Gasteiger partial charge in [0.25, 0.3) is 0 Å². The van der Waals surface area contributed by atoms with Crippen LogP contribution in [-0.2, 0) is 21.4 Å². The molecule has 0 radical (unpaired) electrons. The molecule has 5 heteroatoms. The van der Waals surface area contributed by atoms with Gasteiger partial charge in [0.2, 0.25) is 5.91 Å². The number of amides is 1. The SMILES string of the molecule is CC(C)(C)c1ccc(C(CC(=O)O)NC(=O)CCc2ccoc2)cc1. The third-order valence-electron chi connectivity index (χ3n) is 4.11. The van der Waals surface area contributed by atoms with E-state index in [0.717, 1.165) is 16.7 Å². The van der Waals surface area contributed by atoms with Crippen molar-refractivity contribution >= 4 is 11.9 Å². The Balaban J connectivity index is 2.04. The number of nitrogens with one attached hydrogen (secondary N) is 1. The van der Waals surface area contributed by atoms with Gasteiger partial charge in [-0.25, -0.2) is 0 Å². The molecule has 2 rings (SSSR count). The van der Waals surface area contributed by atoms with E-state index in [-0.39, 0.29) is 24.2 Å². The van der Waals surface area contributed by atoms with E-state index in [1.54, 1.807) is 12.5 Å². The summed E-state index contributed by atoms with van der Waals surface area (Å²) in [5.74, 6) is -1.12. The number of furan rings is 1. The maximum Gasteiger partial charge on any atom is 0.305 e. The van der Waals surface area contributed by atoms with Crippen LogP contribution in [0.25, 0.3) is 0 Å². The van der Waals surface area contributed by atoms with Gasteiger partial charge < -0.3 is 14.8 Å². The lowest BCUT2D eigenvalue weighted by atomic mass is 9.86. The van der Waals surface area contributed by atoms with E-state index < -0.39 is 12.0 Å². The quantitative estimate of drug-likeness (QED) is 0.800. The molecule has 0 aliphatic heterocycles. The van der Waals surface area contributed by atoms with E-state index in [4.69, 9.17) is 9.52 Å².